The highest BCUT2D eigenvalue weighted by Gasteiger charge is 2.38. The molecule has 166 valence electrons. The Kier molecular flexibility index (Phi) is 6.69. The molecule has 1 saturated heterocycles. The van der Waals surface area contributed by atoms with Crippen molar-refractivity contribution in [1.82, 2.24) is 0 Å². The molecule has 0 spiro atoms. The van der Waals surface area contributed by atoms with E-state index in [0.29, 0.717) is 32.0 Å². The van der Waals surface area contributed by atoms with Crippen LogP contribution in [0.3, 0.4) is 0 Å². The predicted molar refractivity (Wildman–Crippen MR) is 106 cm³/mol. The molecule has 2 aliphatic rings. The number of hydrogen-bond donors (Lipinski definition) is 0. The summed E-state index contributed by atoms with van der Waals surface area (Å²) in [7, 11) is 2.19. The van der Waals surface area contributed by atoms with Crippen LogP contribution in [0.4, 0.5) is 24.5 Å². The number of nitrogens with zero attached hydrogens (tertiary/aromatic N) is 2. The van der Waals surface area contributed by atoms with Gasteiger partial charge in [0, 0.05) is 25.0 Å². The normalized spacial score (nSPS) is 16.9. The molecule has 1 aromatic rings. The molecule has 0 saturated carbocycles. The summed E-state index contributed by atoms with van der Waals surface area (Å²) in [5.74, 6) is -1.87. The second-order valence-corrected chi connectivity index (χ2v) is 6.61. The van der Waals surface area contributed by atoms with Crippen molar-refractivity contribution in [3.63, 3.8) is 0 Å². The maximum absolute atomic E-state index is 14.1. The monoisotopic (exact) mass is 438 g/mol. The number of alkyl halides is 3. The maximum Gasteiger partial charge on any atom is 0.418 e. The van der Waals surface area contributed by atoms with Crippen molar-refractivity contribution in [1.29, 1.82) is 0 Å². The molecular weight excluding hydrogens is 417 g/mol. The van der Waals surface area contributed by atoms with Crippen LogP contribution in [0.2, 0.25) is 0 Å². The lowest BCUT2D eigenvalue weighted by atomic mass is 10.1. The lowest BCUT2D eigenvalue weighted by molar-refractivity contribution is -0.139. The van der Waals surface area contributed by atoms with Gasteiger partial charge in [0.1, 0.15) is 5.70 Å². The fraction of sp³-hybridized carbons (Fsp3) is 0.333. The summed E-state index contributed by atoms with van der Waals surface area (Å²) in [5.41, 5.74) is -1.53. The van der Waals surface area contributed by atoms with Gasteiger partial charge < -0.3 is 24.0 Å². The van der Waals surface area contributed by atoms with E-state index in [1.54, 1.807) is 4.90 Å². The summed E-state index contributed by atoms with van der Waals surface area (Å²) in [4.78, 5) is 27.5. The fourth-order valence-corrected chi connectivity index (χ4v) is 3.33. The average molecular weight is 438 g/mol. The van der Waals surface area contributed by atoms with Crippen molar-refractivity contribution in [3.05, 3.63) is 59.5 Å². The van der Waals surface area contributed by atoms with Gasteiger partial charge in [0.25, 0.3) is 0 Å². The summed E-state index contributed by atoms with van der Waals surface area (Å²) >= 11 is 0. The largest absolute Gasteiger partial charge is 0.465 e. The van der Waals surface area contributed by atoms with E-state index in [1.165, 1.54) is 36.6 Å². The third kappa shape index (κ3) is 4.74. The molecule has 10 heteroatoms. The van der Waals surface area contributed by atoms with E-state index in [2.05, 4.69) is 0 Å². The van der Waals surface area contributed by atoms with Crippen LogP contribution in [0.1, 0.15) is 5.56 Å². The third-order valence-electron chi connectivity index (χ3n) is 4.81. The minimum atomic E-state index is -4.72. The zero-order chi connectivity index (χ0) is 22.6. The minimum absolute atomic E-state index is 0.232. The molecular formula is C21H21F3N2O5. The van der Waals surface area contributed by atoms with Crippen LogP contribution in [-0.4, -0.2) is 52.5 Å². The first-order chi connectivity index (χ1) is 14.8. The number of rotatable bonds is 4. The van der Waals surface area contributed by atoms with Gasteiger partial charge in [0.15, 0.2) is 0 Å². The van der Waals surface area contributed by atoms with Crippen molar-refractivity contribution in [2.24, 2.45) is 0 Å². The van der Waals surface area contributed by atoms with E-state index >= 15 is 0 Å². The Morgan fingerprint density at radius 1 is 1.03 bits per heavy atom. The highest BCUT2D eigenvalue weighted by Crippen LogP contribution is 2.41. The first-order valence-corrected chi connectivity index (χ1v) is 9.37. The highest BCUT2D eigenvalue weighted by atomic mass is 19.4. The maximum atomic E-state index is 14.1. The van der Waals surface area contributed by atoms with Crippen LogP contribution in [0.25, 0.3) is 0 Å². The number of esters is 2. The van der Waals surface area contributed by atoms with Crippen molar-refractivity contribution >= 4 is 23.3 Å². The number of benzene rings is 1. The van der Waals surface area contributed by atoms with Gasteiger partial charge in [-0.15, -0.1) is 0 Å². The summed E-state index contributed by atoms with van der Waals surface area (Å²) in [6.07, 6.45) is 0.652. The lowest BCUT2D eigenvalue weighted by Gasteiger charge is -2.31. The molecule has 31 heavy (non-hydrogen) atoms. The highest BCUT2D eigenvalue weighted by molar-refractivity contribution is 6.05. The van der Waals surface area contributed by atoms with Crippen LogP contribution >= 0.6 is 0 Å². The quantitative estimate of drug-likeness (QED) is 0.670. The second kappa shape index (κ2) is 9.25. The molecule has 0 atom stereocenters. The third-order valence-corrected chi connectivity index (χ3v) is 4.81. The first kappa shape index (κ1) is 22.4. The van der Waals surface area contributed by atoms with Gasteiger partial charge in [0.2, 0.25) is 0 Å². The molecule has 2 aliphatic heterocycles. The number of methoxy groups -OCH3 is 2. The number of carbonyl (C=O) groups is 2. The number of carbonyl (C=O) groups excluding carboxylic acids is 2. The molecule has 1 fully saturated rings. The number of hydrogen-bond acceptors (Lipinski definition) is 7. The second-order valence-electron chi connectivity index (χ2n) is 6.61. The number of allylic oxidation sites excluding steroid dienone is 2. The van der Waals surface area contributed by atoms with E-state index in [9.17, 15) is 22.8 Å². The summed E-state index contributed by atoms with van der Waals surface area (Å²) < 4.78 is 56.9. The van der Waals surface area contributed by atoms with Crippen molar-refractivity contribution in [2.75, 3.05) is 50.3 Å². The average Bonchev–Trinajstić information content (AvgIpc) is 3.00. The standard InChI is InChI=1S/C21H21F3N2O5/c1-29-19(27)15-5-3-4-8-26(18(15)20(28)30-2)17-7-6-14(13-16(17)21(22,23)24)25-9-11-31-12-10-25/h3-8,13H,9-12H2,1-2H3. The Balaban J connectivity index is 2.18. The first-order valence-electron chi connectivity index (χ1n) is 9.37. The summed E-state index contributed by atoms with van der Waals surface area (Å²) in [5, 5.41) is 0. The van der Waals surface area contributed by atoms with Gasteiger partial charge in [-0.25, -0.2) is 9.59 Å². The van der Waals surface area contributed by atoms with Crippen LogP contribution in [0.5, 0.6) is 0 Å². The molecule has 2 heterocycles. The predicted octanol–water partition coefficient (Wildman–Crippen LogP) is 3.03. The number of ether oxygens (including phenoxy) is 3. The van der Waals surface area contributed by atoms with Gasteiger partial charge in [-0.2, -0.15) is 13.2 Å². The van der Waals surface area contributed by atoms with E-state index in [-0.39, 0.29) is 17.0 Å². The van der Waals surface area contributed by atoms with E-state index < -0.39 is 23.7 Å². The minimum Gasteiger partial charge on any atom is -0.465 e. The smallest absolute Gasteiger partial charge is 0.418 e. The Morgan fingerprint density at radius 2 is 1.71 bits per heavy atom. The molecule has 0 radical (unpaired) electrons. The van der Waals surface area contributed by atoms with Crippen LogP contribution in [0.15, 0.2) is 53.9 Å². The molecule has 0 bridgehead atoms. The molecule has 0 N–H and O–H groups in total. The van der Waals surface area contributed by atoms with Gasteiger partial charge in [-0.1, -0.05) is 6.08 Å². The molecule has 0 unspecified atom stereocenters. The Hall–Kier alpha value is -3.27. The van der Waals surface area contributed by atoms with Crippen LogP contribution in [-0.2, 0) is 30.0 Å². The molecule has 0 aliphatic carbocycles. The molecule has 7 nitrogen and oxygen atoms in total. The Bertz CT molecular complexity index is 947. The van der Waals surface area contributed by atoms with E-state index in [4.69, 9.17) is 14.2 Å². The molecule has 0 amide bonds. The van der Waals surface area contributed by atoms with Gasteiger partial charge in [-0.3, -0.25) is 0 Å². The fourth-order valence-electron chi connectivity index (χ4n) is 3.33. The topological polar surface area (TPSA) is 68.3 Å². The van der Waals surface area contributed by atoms with E-state index in [1.807, 2.05) is 0 Å². The van der Waals surface area contributed by atoms with E-state index in [0.717, 1.165) is 25.2 Å². The van der Waals surface area contributed by atoms with Crippen LogP contribution < -0.4 is 9.80 Å². The summed E-state index contributed by atoms with van der Waals surface area (Å²) in [6, 6.07) is 3.83. The SMILES string of the molecule is COC(=O)C1=C(C(=O)OC)N(c2ccc(N3CCOCC3)cc2C(F)(F)F)C=CC=C1. The zero-order valence-electron chi connectivity index (χ0n) is 16.9. The van der Waals surface area contributed by atoms with Crippen molar-refractivity contribution in [2.45, 2.75) is 6.18 Å². The number of morpholine rings is 1. The molecule has 0 aromatic heterocycles. The Morgan fingerprint density at radius 3 is 2.32 bits per heavy atom. The van der Waals surface area contributed by atoms with Crippen LogP contribution in [0, 0.1) is 0 Å². The molecule has 1 aromatic carbocycles. The zero-order valence-corrected chi connectivity index (χ0v) is 16.9. The number of halogens is 3. The molecule has 3 rings (SSSR count). The van der Waals surface area contributed by atoms with Crippen molar-refractivity contribution in [3.8, 4) is 0 Å². The van der Waals surface area contributed by atoms with Crippen molar-refractivity contribution < 1.29 is 37.0 Å². The van der Waals surface area contributed by atoms with Gasteiger partial charge in [-0.05, 0) is 30.4 Å². The number of anilines is 2. The van der Waals surface area contributed by atoms with Gasteiger partial charge in [0.05, 0.1) is 44.3 Å². The Labute approximate surface area is 177 Å². The summed E-state index contributed by atoms with van der Waals surface area (Å²) in [6.45, 7) is 1.76. The lowest BCUT2D eigenvalue weighted by Crippen LogP contribution is -2.36. The van der Waals surface area contributed by atoms with Gasteiger partial charge >= 0.3 is 18.1 Å².